The number of nitrogens with zero attached hydrogens (tertiary/aromatic N) is 1. The lowest BCUT2D eigenvalue weighted by Gasteiger charge is -2.18. The van der Waals surface area contributed by atoms with Gasteiger partial charge in [-0.1, -0.05) is 12.1 Å². The van der Waals surface area contributed by atoms with Crippen LogP contribution >= 0.6 is 0 Å². The highest BCUT2D eigenvalue weighted by molar-refractivity contribution is 5.97. The van der Waals surface area contributed by atoms with E-state index in [4.69, 9.17) is 4.74 Å². The first-order chi connectivity index (χ1) is 12.5. The van der Waals surface area contributed by atoms with Gasteiger partial charge < -0.3 is 20.3 Å². The van der Waals surface area contributed by atoms with E-state index in [0.29, 0.717) is 13.2 Å². The molecule has 0 bridgehead atoms. The van der Waals surface area contributed by atoms with Gasteiger partial charge in [-0.15, -0.1) is 0 Å². The summed E-state index contributed by atoms with van der Waals surface area (Å²) in [5, 5.41) is 5.68. The Kier molecular flexibility index (Phi) is 5.41. The van der Waals surface area contributed by atoms with Crippen LogP contribution in [0.3, 0.4) is 0 Å². The van der Waals surface area contributed by atoms with Gasteiger partial charge in [0.1, 0.15) is 5.75 Å². The molecule has 136 valence electrons. The van der Waals surface area contributed by atoms with Crippen LogP contribution in [0.4, 0.5) is 16.2 Å². The van der Waals surface area contributed by atoms with Crippen LogP contribution in [0.15, 0.2) is 48.5 Å². The first kappa shape index (κ1) is 17.8. The lowest BCUT2D eigenvalue weighted by Crippen LogP contribution is -2.39. The van der Waals surface area contributed by atoms with Gasteiger partial charge in [-0.3, -0.25) is 4.79 Å². The largest absolute Gasteiger partial charge is 0.494 e. The second-order valence-corrected chi connectivity index (χ2v) is 6.30. The normalized spacial score (nSPS) is 16.5. The average molecular weight is 353 g/mol. The molecular weight excluding hydrogens is 330 g/mol. The van der Waals surface area contributed by atoms with Crippen molar-refractivity contribution in [3.05, 3.63) is 54.1 Å². The van der Waals surface area contributed by atoms with Crippen molar-refractivity contribution >= 4 is 23.3 Å². The minimum atomic E-state index is -0.304. The number of carbonyl (C=O) groups is 2. The third-order valence-corrected chi connectivity index (χ3v) is 4.20. The van der Waals surface area contributed by atoms with Crippen LogP contribution in [0.2, 0.25) is 0 Å². The Morgan fingerprint density at radius 3 is 2.69 bits per heavy atom. The quantitative estimate of drug-likeness (QED) is 0.866. The maximum absolute atomic E-state index is 12.3. The second-order valence-electron chi connectivity index (χ2n) is 6.30. The topological polar surface area (TPSA) is 70.7 Å². The van der Waals surface area contributed by atoms with Crippen molar-refractivity contribution in [3.63, 3.8) is 0 Å². The van der Waals surface area contributed by atoms with Crippen molar-refractivity contribution < 1.29 is 14.3 Å². The number of benzene rings is 2. The number of carbonyl (C=O) groups excluding carboxylic acids is 2. The first-order valence-electron chi connectivity index (χ1n) is 8.72. The van der Waals surface area contributed by atoms with Gasteiger partial charge in [-0.25, -0.2) is 4.79 Å². The SMILES string of the molecule is CCOc1ccc(N2C[C@H](NC(=O)Nc3cccc(C)c3)CC2=O)cc1. The molecule has 1 aliphatic heterocycles. The van der Waals surface area contributed by atoms with E-state index in [2.05, 4.69) is 10.6 Å². The van der Waals surface area contributed by atoms with E-state index in [-0.39, 0.29) is 24.4 Å². The smallest absolute Gasteiger partial charge is 0.319 e. The molecule has 1 atom stereocenters. The minimum Gasteiger partial charge on any atom is -0.494 e. The molecule has 1 aliphatic rings. The number of ether oxygens (including phenoxy) is 1. The maximum atomic E-state index is 12.3. The molecule has 1 fully saturated rings. The van der Waals surface area contributed by atoms with Crippen LogP contribution in [0.25, 0.3) is 0 Å². The summed E-state index contributed by atoms with van der Waals surface area (Å²) in [5.41, 5.74) is 2.61. The Morgan fingerprint density at radius 2 is 2.00 bits per heavy atom. The second kappa shape index (κ2) is 7.91. The fourth-order valence-electron chi connectivity index (χ4n) is 3.02. The molecule has 3 rings (SSSR count). The van der Waals surface area contributed by atoms with Crippen LogP contribution in [0, 0.1) is 6.92 Å². The first-order valence-corrected chi connectivity index (χ1v) is 8.72. The number of aryl methyl sites for hydroxylation is 1. The van der Waals surface area contributed by atoms with E-state index in [0.717, 1.165) is 22.7 Å². The summed E-state index contributed by atoms with van der Waals surface area (Å²) in [5.74, 6) is 0.769. The van der Waals surface area contributed by atoms with Crippen LogP contribution < -0.4 is 20.3 Å². The Morgan fingerprint density at radius 1 is 1.23 bits per heavy atom. The highest BCUT2D eigenvalue weighted by Gasteiger charge is 2.31. The third kappa shape index (κ3) is 4.33. The fourth-order valence-corrected chi connectivity index (χ4v) is 3.02. The molecule has 0 unspecified atom stereocenters. The van der Waals surface area contributed by atoms with E-state index in [1.807, 2.05) is 62.4 Å². The number of amides is 3. The Labute approximate surface area is 153 Å². The van der Waals surface area contributed by atoms with Crippen LogP contribution in [-0.2, 0) is 4.79 Å². The zero-order chi connectivity index (χ0) is 18.5. The highest BCUT2D eigenvalue weighted by Crippen LogP contribution is 2.24. The fraction of sp³-hybridized carbons (Fsp3) is 0.300. The minimum absolute atomic E-state index is 0.00462. The molecule has 3 amide bonds. The molecule has 2 aromatic carbocycles. The summed E-state index contributed by atoms with van der Waals surface area (Å²) in [6.45, 7) is 4.95. The number of rotatable bonds is 5. The molecule has 1 saturated heterocycles. The molecule has 26 heavy (non-hydrogen) atoms. The lowest BCUT2D eigenvalue weighted by molar-refractivity contribution is -0.117. The van der Waals surface area contributed by atoms with Crippen molar-refractivity contribution in [1.82, 2.24) is 5.32 Å². The van der Waals surface area contributed by atoms with Crippen LogP contribution in [0.1, 0.15) is 18.9 Å². The highest BCUT2D eigenvalue weighted by atomic mass is 16.5. The Hall–Kier alpha value is -3.02. The summed E-state index contributed by atoms with van der Waals surface area (Å²) in [4.78, 5) is 26.2. The summed E-state index contributed by atoms with van der Waals surface area (Å²) in [7, 11) is 0. The molecule has 2 aromatic rings. The summed E-state index contributed by atoms with van der Waals surface area (Å²) >= 11 is 0. The summed E-state index contributed by atoms with van der Waals surface area (Å²) in [6, 6.07) is 14.5. The monoisotopic (exact) mass is 353 g/mol. The van der Waals surface area contributed by atoms with Gasteiger partial charge in [0.2, 0.25) is 5.91 Å². The van der Waals surface area contributed by atoms with Gasteiger partial charge in [0, 0.05) is 24.3 Å². The number of nitrogens with one attached hydrogen (secondary N) is 2. The predicted molar refractivity (Wildman–Crippen MR) is 102 cm³/mol. The van der Waals surface area contributed by atoms with Crippen molar-refractivity contribution in [3.8, 4) is 5.75 Å². The molecule has 0 aliphatic carbocycles. The number of urea groups is 1. The number of hydrogen-bond donors (Lipinski definition) is 2. The van der Waals surface area contributed by atoms with Crippen molar-refractivity contribution in [2.24, 2.45) is 0 Å². The van der Waals surface area contributed by atoms with Gasteiger partial charge >= 0.3 is 6.03 Å². The van der Waals surface area contributed by atoms with Gasteiger partial charge in [0.05, 0.1) is 12.6 Å². The molecule has 0 saturated carbocycles. The average Bonchev–Trinajstić information content (AvgIpc) is 2.96. The van der Waals surface area contributed by atoms with E-state index in [1.165, 1.54) is 0 Å². The van der Waals surface area contributed by atoms with Gasteiger partial charge in [-0.2, -0.15) is 0 Å². The van der Waals surface area contributed by atoms with E-state index in [9.17, 15) is 9.59 Å². The van der Waals surface area contributed by atoms with E-state index in [1.54, 1.807) is 4.90 Å². The molecule has 0 aromatic heterocycles. The van der Waals surface area contributed by atoms with Crippen molar-refractivity contribution in [2.45, 2.75) is 26.3 Å². The Bertz CT molecular complexity index is 789. The van der Waals surface area contributed by atoms with E-state index < -0.39 is 0 Å². The van der Waals surface area contributed by atoms with Crippen molar-refractivity contribution in [2.75, 3.05) is 23.4 Å². The van der Waals surface area contributed by atoms with E-state index >= 15 is 0 Å². The lowest BCUT2D eigenvalue weighted by atomic mass is 10.2. The zero-order valence-electron chi connectivity index (χ0n) is 15.0. The number of anilines is 2. The molecule has 6 nitrogen and oxygen atoms in total. The summed E-state index contributed by atoms with van der Waals surface area (Å²) in [6.07, 6.45) is 0.286. The molecular formula is C20H23N3O3. The zero-order valence-corrected chi connectivity index (χ0v) is 15.0. The van der Waals surface area contributed by atoms with Crippen molar-refractivity contribution in [1.29, 1.82) is 0 Å². The maximum Gasteiger partial charge on any atom is 0.319 e. The van der Waals surface area contributed by atoms with Gasteiger partial charge in [-0.05, 0) is 55.8 Å². The molecule has 6 heteroatoms. The molecule has 0 radical (unpaired) electrons. The molecule has 0 spiro atoms. The number of hydrogen-bond acceptors (Lipinski definition) is 3. The Balaban J connectivity index is 1.58. The van der Waals surface area contributed by atoms with Crippen LogP contribution in [0.5, 0.6) is 5.75 Å². The predicted octanol–water partition coefficient (Wildman–Crippen LogP) is 3.32. The summed E-state index contributed by atoms with van der Waals surface area (Å²) < 4.78 is 5.42. The van der Waals surface area contributed by atoms with Gasteiger partial charge in [0.25, 0.3) is 0 Å². The molecule has 1 heterocycles. The third-order valence-electron chi connectivity index (χ3n) is 4.20. The van der Waals surface area contributed by atoms with Gasteiger partial charge in [0.15, 0.2) is 0 Å². The van der Waals surface area contributed by atoms with Crippen LogP contribution in [-0.4, -0.2) is 31.1 Å². The molecule has 2 N–H and O–H groups in total. The standard InChI is InChI=1S/C20H23N3O3/c1-3-26-18-9-7-17(8-10-18)23-13-16(12-19(23)24)22-20(25)21-15-6-4-5-14(2)11-15/h4-11,16H,3,12-13H2,1-2H3,(H2,21,22,25)/t16-/m1/s1.